The van der Waals surface area contributed by atoms with Gasteiger partial charge in [-0.3, -0.25) is 4.79 Å². The van der Waals surface area contributed by atoms with Crippen LogP contribution in [0.2, 0.25) is 0 Å². The Hall–Kier alpha value is -2.11. The Kier molecular flexibility index (Phi) is 5.07. The predicted molar refractivity (Wildman–Crippen MR) is 73.9 cm³/mol. The maximum absolute atomic E-state index is 11.5. The molecule has 0 aliphatic rings. The van der Waals surface area contributed by atoms with Crippen LogP contribution >= 0.6 is 0 Å². The van der Waals surface area contributed by atoms with Gasteiger partial charge in [0.15, 0.2) is 5.78 Å². The molecule has 0 saturated carbocycles. The first-order valence-electron chi connectivity index (χ1n) is 6.24. The Balaban J connectivity index is 2.75. The quantitative estimate of drug-likeness (QED) is 0.856. The lowest BCUT2D eigenvalue weighted by atomic mass is 10.1. The van der Waals surface area contributed by atoms with Crippen LogP contribution in [0, 0.1) is 0 Å². The van der Waals surface area contributed by atoms with Gasteiger partial charge < -0.3 is 14.8 Å². The Morgan fingerprint density at radius 3 is 2.45 bits per heavy atom. The van der Waals surface area contributed by atoms with Crippen LogP contribution in [0.3, 0.4) is 0 Å². The number of amides is 1. The molecule has 6 nitrogen and oxygen atoms in total. The van der Waals surface area contributed by atoms with Gasteiger partial charge in [-0.25, -0.2) is 9.78 Å². The lowest BCUT2D eigenvalue weighted by Crippen LogP contribution is -2.32. The summed E-state index contributed by atoms with van der Waals surface area (Å²) in [6, 6.07) is 3.17. The van der Waals surface area contributed by atoms with Crippen molar-refractivity contribution in [1.82, 2.24) is 10.3 Å². The maximum atomic E-state index is 11.5. The highest BCUT2D eigenvalue weighted by atomic mass is 16.6. The van der Waals surface area contributed by atoms with Gasteiger partial charge in [-0.2, -0.15) is 0 Å². The minimum Gasteiger partial charge on any atom is -0.481 e. The first-order chi connectivity index (χ1) is 9.21. The Morgan fingerprint density at radius 2 is 1.95 bits per heavy atom. The first-order valence-corrected chi connectivity index (χ1v) is 6.24. The van der Waals surface area contributed by atoms with Gasteiger partial charge in [0.25, 0.3) is 0 Å². The second kappa shape index (κ2) is 6.36. The molecule has 1 rings (SSSR count). The number of Topliss-reactive ketones (excluding diaryl/α,β-unsaturated/α-hetero) is 1. The number of nitrogens with zero attached hydrogens (tertiary/aromatic N) is 1. The molecule has 1 amide bonds. The van der Waals surface area contributed by atoms with Gasteiger partial charge in [0.05, 0.1) is 19.3 Å². The molecule has 0 unspecified atom stereocenters. The number of ketones is 1. The second-order valence-corrected chi connectivity index (χ2v) is 5.30. The number of hydrogen-bond donors (Lipinski definition) is 1. The van der Waals surface area contributed by atoms with E-state index in [0.29, 0.717) is 17.1 Å². The monoisotopic (exact) mass is 280 g/mol. The topological polar surface area (TPSA) is 77.5 Å². The number of methoxy groups -OCH3 is 1. The van der Waals surface area contributed by atoms with Crippen molar-refractivity contribution in [2.45, 2.75) is 39.8 Å². The normalized spacial score (nSPS) is 10.8. The second-order valence-electron chi connectivity index (χ2n) is 5.30. The predicted octanol–water partition coefficient (Wildman–Crippen LogP) is 2.32. The lowest BCUT2D eigenvalue weighted by molar-refractivity contribution is 0.0522. The highest BCUT2D eigenvalue weighted by molar-refractivity contribution is 5.94. The Labute approximate surface area is 118 Å². The zero-order valence-electron chi connectivity index (χ0n) is 12.4. The van der Waals surface area contributed by atoms with E-state index in [2.05, 4.69) is 10.3 Å². The van der Waals surface area contributed by atoms with Crippen molar-refractivity contribution in [1.29, 1.82) is 0 Å². The number of carbonyl (C=O) groups excluding carboxylic acids is 2. The molecule has 1 N–H and O–H groups in total. The number of carbonyl (C=O) groups is 2. The van der Waals surface area contributed by atoms with E-state index < -0.39 is 11.7 Å². The van der Waals surface area contributed by atoms with Crippen molar-refractivity contribution >= 4 is 11.9 Å². The maximum Gasteiger partial charge on any atom is 0.407 e. The minimum absolute atomic E-state index is 0.0933. The number of alkyl carbamates (subject to hydrolysis) is 1. The first kappa shape index (κ1) is 15.9. The molecule has 0 fully saturated rings. The van der Waals surface area contributed by atoms with Crippen LogP contribution in [-0.2, 0) is 11.3 Å². The third-order valence-corrected chi connectivity index (χ3v) is 2.28. The Morgan fingerprint density at radius 1 is 1.30 bits per heavy atom. The van der Waals surface area contributed by atoms with E-state index in [0.717, 1.165) is 0 Å². The van der Waals surface area contributed by atoms with E-state index in [9.17, 15) is 9.59 Å². The molecule has 0 spiro atoms. The van der Waals surface area contributed by atoms with E-state index in [-0.39, 0.29) is 12.3 Å². The molecule has 0 saturated heterocycles. The standard InChI is InChI=1S/C14H20N2O4/c1-9(17)10-6-11(16-12(7-10)19-5)8-15-13(18)20-14(2,3)4/h6-7H,8H2,1-5H3,(H,15,18). The molecular formula is C14H20N2O4. The smallest absolute Gasteiger partial charge is 0.407 e. The van der Waals surface area contributed by atoms with Crippen LogP contribution < -0.4 is 10.1 Å². The molecule has 0 radical (unpaired) electrons. The van der Waals surface area contributed by atoms with Crippen LogP contribution in [0.1, 0.15) is 43.7 Å². The van der Waals surface area contributed by atoms with Crippen LogP contribution in [0.25, 0.3) is 0 Å². The van der Waals surface area contributed by atoms with Gasteiger partial charge in [-0.15, -0.1) is 0 Å². The van der Waals surface area contributed by atoms with Crippen molar-refractivity contribution in [2.24, 2.45) is 0 Å². The fourth-order valence-electron chi connectivity index (χ4n) is 1.44. The summed E-state index contributed by atoms with van der Waals surface area (Å²) in [5.74, 6) is 0.239. The summed E-state index contributed by atoms with van der Waals surface area (Å²) < 4.78 is 10.1. The number of rotatable bonds is 4. The average molecular weight is 280 g/mol. The molecule has 1 aromatic rings. The van der Waals surface area contributed by atoms with E-state index in [1.54, 1.807) is 32.9 Å². The SMILES string of the molecule is COc1cc(C(C)=O)cc(CNC(=O)OC(C)(C)C)n1. The van der Waals surface area contributed by atoms with Crippen LogP contribution in [0.4, 0.5) is 4.79 Å². The van der Waals surface area contributed by atoms with Gasteiger partial charge in [-0.1, -0.05) is 0 Å². The molecule has 1 heterocycles. The molecule has 6 heteroatoms. The van der Waals surface area contributed by atoms with Crippen molar-refractivity contribution in [3.63, 3.8) is 0 Å². The van der Waals surface area contributed by atoms with Crippen LogP contribution in [-0.4, -0.2) is 29.6 Å². The molecule has 0 atom stereocenters. The van der Waals surface area contributed by atoms with E-state index in [1.165, 1.54) is 14.0 Å². The van der Waals surface area contributed by atoms with E-state index in [1.807, 2.05) is 0 Å². The van der Waals surface area contributed by atoms with E-state index >= 15 is 0 Å². The number of nitrogens with one attached hydrogen (secondary N) is 1. The summed E-state index contributed by atoms with van der Waals surface area (Å²) in [5.41, 5.74) is 0.453. The van der Waals surface area contributed by atoms with Crippen LogP contribution in [0.15, 0.2) is 12.1 Å². The summed E-state index contributed by atoms with van der Waals surface area (Å²) in [5, 5.41) is 2.58. The largest absolute Gasteiger partial charge is 0.481 e. The van der Waals surface area contributed by atoms with Gasteiger partial charge in [0.1, 0.15) is 5.60 Å². The van der Waals surface area contributed by atoms with Gasteiger partial charge in [0, 0.05) is 11.6 Å². The molecule has 110 valence electrons. The third-order valence-electron chi connectivity index (χ3n) is 2.28. The van der Waals surface area contributed by atoms with Gasteiger partial charge in [0.2, 0.25) is 5.88 Å². The molecular weight excluding hydrogens is 260 g/mol. The van der Waals surface area contributed by atoms with Gasteiger partial charge >= 0.3 is 6.09 Å². The highest BCUT2D eigenvalue weighted by Crippen LogP contribution is 2.13. The molecule has 0 bridgehead atoms. The summed E-state index contributed by atoms with van der Waals surface area (Å²) >= 11 is 0. The number of pyridine rings is 1. The summed E-state index contributed by atoms with van der Waals surface area (Å²) in [4.78, 5) is 27.1. The summed E-state index contributed by atoms with van der Waals surface area (Å²) in [6.45, 7) is 6.96. The molecule has 20 heavy (non-hydrogen) atoms. The zero-order chi connectivity index (χ0) is 15.3. The number of hydrogen-bond acceptors (Lipinski definition) is 5. The minimum atomic E-state index is -0.559. The number of aromatic nitrogens is 1. The van der Waals surface area contributed by atoms with Crippen molar-refractivity contribution in [3.8, 4) is 5.88 Å². The fraction of sp³-hybridized carbons (Fsp3) is 0.500. The Bertz CT molecular complexity index is 506. The van der Waals surface area contributed by atoms with Crippen molar-refractivity contribution in [3.05, 3.63) is 23.4 Å². The lowest BCUT2D eigenvalue weighted by Gasteiger charge is -2.19. The third kappa shape index (κ3) is 5.26. The van der Waals surface area contributed by atoms with E-state index in [4.69, 9.17) is 9.47 Å². The highest BCUT2D eigenvalue weighted by Gasteiger charge is 2.16. The summed E-state index contributed by atoms with van der Waals surface area (Å²) in [6.07, 6.45) is -0.536. The summed E-state index contributed by atoms with van der Waals surface area (Å²) in [7, 11) is 1.47. The fourth-order valence-corrected chi connectivity index (χ4v) is 1.44. The molecule has 0 aromatic carbocycles. The molecule has 0 aliphatic carbocycles. The van der Waals surface area contributed by atoms with Crippen LogP contribution in [0.5, 0.6) is 5.88 Å². The average Bonchev–Trinajstić information content (AvgIpc) is 2.33. The zero-order valence-corrected chi connectivity index (χ0v) is 12.4. The van der Waals surface area contributed by atoms with Gasteiger partial charge in [-0.05, 0) is 33.8 Å². The number of ether oxygens (including phenoxy) is 2. The molecule has 1 aromatic heterocycles. The van der Waals surface area contributed by atoms with Crippen molar-refractivity contribution in [2.75, 3.05) is 7.11 Å². The molecule has 0 aliphatic heterocycles. The van der Waals surface area contributed by atoms with Crippen molar-refractivity contribution < 1.29 is 19.1 Å².